The van der Waals surface area contributed by atoms with Crippen LogP contribution in [0.4, 0.5) is 0 Å². The standard InChI is InChI=1S/C36H48O15/c1-18(2)22-9-5-19(3)23(15-46-21-8-6-20-7-10-28(40)48-24(20)13-21)35(22,4)12-11-27(39)47-16-26-29(41)31(43)32(44)34(49-26)51-36(17-38)33(45)30(42)25(14-37)50-36/h5-8,10,13,22-23,25-26,29-34,37-38,41-45H,1,9,11-12,14-17H2,2-4H3/t22-,23-,25+,26-,29-,30-,31+,32-,33-,34+,35+,36-/m0/s1. The minimum Gasteiger partial charge on any atom is -0.493 e. The predicted octanol–water partition coefficient (Wildman–Crippen LogP) is 0.286. The van der Waals surface area contributed by atoms with E-state index >= 15 is 0 Å². The number of aliphatic hydroxyl groups excluding tert-OH is 7. The second kappa shape index (κ2) is 15.8. The van der Waals surface area contributed by atoms with E-state index in [1.807, 2.05) is 13.8 Å². The van der Waals surface area contributed by atoms with E-state index in [1.165, 1.54) is 6.07 Å². The topological polar surface area (TPSA) is 235 Å². The number of carbonyl (C=O) groups is 1. The van der Waals surface area contributed by atoms with Gasteiger partial charge in [-0.25, -0.2) is 4.79 Å². The van der Waals surface area contributed by atoms with Crippen molar-refractivity contribution in [2.45, 2.75) is 94.8 Å². The number of fused-ring (bicyclic) bond motifs is 1. The number of hydrogen-bond acceptors (Lipinski definition) is 15. The molecule has 51 heavy (non-hydrogen) atoms. The number of allylic oxidation sites excluding steroid dienone is 2. The van der Waals surface area contributed by atoms with Crippen LogP contribution in [0.3, 0.4) is 0 Å². The summed E-state index contributed by atoms with van der Waals surface area (Å²) >= 11 is 0. The van der Waals surface area contributed by atoms with Gasteiger partial charge in [-0.15, -0.1) is 0 Å². The molecule has 3 aliphatic rings. The zero-order chi connectivity index (χ0) is 37.2. The molecule has 0 saturated carbocycles. The third kappa shape index (κ3) is 7.93. The Labute approximate surface area is 294 Å². The van der Waals surface area contributed by atoms with Crippen LogP contribution in [0, 0.1) is 17.3 Å². The summed E-state index contributed by atoms with van der Waals surface area (Å²) in [6, 6.07) is 8.29. The Hall–Kier alpha value is -3.22. The van der Waals surface area contributed by atoms with Gasteiger partial charge >= 0.3 is 11.6 Å². The molecule has 2 aromatic rings. The van der Waals surface area contributed by atoms with E-state index in [4.69, 9.17) is 28.1 Å². The molecule has 282 valence electrons. The van der Waals surface area contributed by atoms with Crippen molar-refractivity contribution >= 4 is 16.9 Å². The van der Waals surface area contributed by atoms with Crippen LogP contribution in [-0.4, -0.2) is 123 Å². The molecule has 2 fully saturated rings. The van der Waals surface area contributed by atoms with Gasteiger partial charge in [0, 0.05) is 29.9 Å². The van der Waals surface area contributed by atoms with Gasteiger partial charge in [-0.2, -0.15) is 0 Å². The molecule has 1 aromatic carbocycles. The van der Waals surface area contributed by atoms with Crippen molar-refractivity contribution < 1.29 is 68.6 Å². The molecular formula is C36H48O15. The van der Waals surface area contributed by atoms with Crippen molar-refractivity contribution in [3.63, 3.8) is 0 Å². The van der Waals surface area contributed by atoms with Crippen molar-refractivity contribution in [1.29, 1.82) is 0 Å². The first-order valence-corrected chi connectivity index (χ1v) is 16.9. The first kappa shape index (κ1) is 39.0. The van der Waals surface area contributed by atoms with Crippen molar-refractivity contribution in [3.8, 4) is 5.75 Å². The van der Waals surface area contributed by atoms with E-state index in [0.29, 0.717) is 17.8 Å². The van der Waals surface area contributed by atoms with E-state index in [2.05, 4.69) is 19.6 Å². The molecule has 0 bridgehead atoms. The van der Waals surface area contributed by atoms with Crippen LogP contribution < -0.4 is 10.4 Å². The second-order valence-corrected chi connectivity index (χ2v) is 14.0. The lowest BCUT2D eigenvalue weighted by Crippen LogP contribution is -2.62. The lowest BCUT2D eigenvalue weighted by atomic mass is 9.58. The molecule has 0 unspecified atom stereocenters. The molecule has 0 spiro atoms. The van der Waals surface area contributed by atoms with Crippen LogP contribution in [0.5, 0.6) is 5.75 Å². The largest absolute Gasteiger partial charge is 0.493 e. The van der Waals surface area contributed by atoms with Crippen molar-refractivity contribution in [2.24, 2.45) is 17.3 Å². The maximum absolute atomic E-state index is 13.2. The SMILES string of the molecule is C=C(C)[C@@H]1CC=C(C)[C@H](COc2ccc3ccc(=O)oc3c2)[C@]1(C)CCC(=O)OC[C@@H]1O[C@H](O[C@]2(CO)O[C@H](CO)[C@H](O)[C@@H]2O)[C@@H](O)[C@H](O)[C@H]1O. The van der Waals surface area contributed by atoms with Gasteiger partial charge in [0.05, 0.1) is 13.2 Å². The van der Waals surface area contributed by atoms with Gasteiger partial charge in [0.25, 0.3) is 0 Å². The van der Waals surface area contributed by atoms with E-state index in [0.717, 1.165) is 23.0 Å². The predicted molar refractivity (Wildman–Crippen MR) is 178 cm³/mol. The fourth-order valence-electron chi connectivity index (χ4n) is 7.46. The Morgan fingerprint density at radius 2 is 1.73 bits per heavy atom. The molecule has 3 heterocycles. The Morgan fingerprint density at radius 3 is 2.39 bits per heavy atom. The zero-order valence-corrected chi connectivity index (χ0v) is 28.8. The van der Waals surface area contributed by atoms with Crippen LogP contribution in [0.2, 0.25) is 0 Å². The lowest BCUT2D eigenvalue weighted by Gasteiger charge is -2.47. The molecule has 1 aliphatic carbocycles. The molecule has 15 nitrogen and oxygen atoms in total. The molecule has 2 saturated heterocycles. The molecular weight excluding hydrogens is 672 g/mol. The average molecular weight is 721 g/mol. The molecule has 0 amide bonds. The molecule has 5 rings (SSSR count). The first-order valence-electron chi connectivity index (χ1n) is 16.9. The van der Waals surface area contributed by atoms with Crippen LogP contribution in [-0.2, 0) is 23.7 Å². The number of carbonyl (C=O) groups excluding carboxylic acids is 1. The van der Waals surface area contributed by atoms with Gasteiger partial charge in [-0.1, -0.05) is 30.7 Å². The second-order valence-electron chi connectivity index (χ2n) is 14.0. The fraction of sp³-hybridized carbons (Fsp3) is 0.611. The summed E-state index contributed by atoms with van der Waals surface area (Å²) < 4.78 is 33.5. The highest BCUT2D eigenvalue weighted by Crippen LogP contribution is 2.51. The van der Waals surface area contributed by atoms with Crippen LogP contribution in [0.15, 0.2) is 63.3 Å². The number of ether oxygens (including phenoxy) is 5. The maximum atomic E-state index is 13.2. The van der Waals surface area contributed by atoms with Crippen LogP contribution >= 0.6 is 0 Å². The molecule has 7 N–H and O–H groups in total. The highest BCUT2D eigenvalue weighted by molar-refractivity contribution is 5.77. The number of aliphatic hydroxyl groups is 7. The van der Waals surface area contributed by atoms with Crippen molar-refractivity contribution in [3.05, 3.63) is 64.6 Å². The van der Waals surface area contributed by atoms with Crippen LogP contribution in [0.1, 0.15) is 40.0 Å². The maximum Gasteiger partial charge on any atom is 0.336 e. The van der Waals surface area contributed by atoms with E-state index < -0.39 is 91.6 Å². The number of hydrogen-bond donors (Lipinski definition) is 7. The summed E-state index contributed by atoms with van der Waals surface area (Å²) in [5.41, 5.74) is 1.47. The average Bonchev–Trinajstić information content (AvgIpc) is 3.34. The Kier molecular flexibility index (Phi) is 12.1. The fourth-order valence-corrected chi connectivity index (χ4v) is 7.46. The smallest absolute Gasteiger partial charge is 0.336 e. The molecule has 15 heteroatoms. The first-order chi connectivity index (χ1) is 24.1. The normalized spacial score (nSPS) is 36.9. The number of benzene rings is 1. The van der Waals surface area contributed by atoms with Gasteiger partial charge in [0.2, 0.25) is 5.79 Å². The minimum atomic E-state index is -2.34. The summed E-state index contributed by atoms with van der Waals surface area (Å²) in [5, 5.41) is 72.5. The Balaban J connectivity index is 1.23. The van der Waals surface area contributed by atoms with Gasteiger partial charge < -0.3 is 63.8 Å². The Morgan fingerprint density at radius 1 is 1.00 bits per heavy atom. The van der Waals surface area contributed by atoms with Gasteiger partial charge in [0.15, 0.2) is 6.29 Å². The molecule has 1 aromatic heterocycles. The highest BCUT2D eigenvalue weighted by Gasteiger charge is 2.58. The van der Waals surface area contributed by atoms with Crippen molar-refractivity contribution in [2.75, 3.05) is 26.4 Å². The third-order valence-corrected chi connectivity index (χ3v) is 10.6. The number of esters is 1. The third-order valence-electron chi connectivity index (χ3n) is 10.6. The summed E-state index contributed by atoms with van der Waals surface area (Å²) in [4.78, 5) is 24.9. The molecule has 0 radical (unpaired) electrons. The van der Waals surface area contributed by atoms with Crippen molar-refractivity contribution in [1.82, 2.24) is 0 Å². The number of rotatable bonds is 13. The summed E-state index contributed by atoms with van der Waals surface area (Å²) in [5.74, 6) is -2.57. The minimum absolute atomic E-state index is 0.00576. The lowest BCUT2D eigenvalue weighted by molar-refractivity contribution is -0.383. The quantitative estimate of drug-likeness (QED) is 0.0837. The van der Waals surface area contributed by atoms with Gasteiger partial charge in [-0.05, 0) is 56.2 Å². The summed E-state index contributed by atoms with van der Waals surface area (Å²) in [7, 11) is 0. The monoisotopic (exact) mass is 720 g/mol. The highest BCUT2D eigenvalue weighted by atomic mass is 16.8. The molecule has 12 atom stereocenters. The van der Waals surface area contributed by atoms with Crippen LogP contribution in [0.25, 0.3) is 11.0 Å². The van der Waals surface area contributed by atoms with Gasteiger partial charge in [-0.3, -0.25) is 4.79 Å². The summed E-state index contributed by atoms with van der Waals surface area (Å²) in [6.45, 7) is 8.22. The van der Waals surface area contributed by atoms with Gasteiger partial charge in [0.1, 0.15) is 67.3 Å². The zero-order valence-electron chi connectivity index (χ0n) is 28.8. The molecule has 2 aliphatic heterocycles. The van der Waals surface area contributed by atoms with E-state index in [-0.39, 0.29) is 24.9 Å². The van der Waals surface area contributed by atoms with E-state index in [1.54, 1.807) is 24.3 Å². The Bertz CT molecular complexity index is 1640. The summed E-state index contributed by atoms with van der Waals surface area (Å²) in [6.07, 6.45) is -10.3. The van der Waals surface area contributed by atoms with E-state index in [9.17, 15) is 45.3 Å².